The number of hydrogen-bond acceptors (Lipinski definition) is 3. The fourth-order valence-electron chi connectivity index (χ4n) is 3.58. The molecule has 0 bridgehead atoms. The first-order chi connectivity index (χ1) is 18.5. The van der Waals surface area contributed by atoms with Crippen molar-refractivity contribution in [1.29, 1.82) is 0 Å². The third kappa shape index (κ3) is 7.57. The number of urea groups is 2. The largest absolute Gasteiger partial charge is 0.457 e. The molecule has 0 aromatic heterocycles. The van der Waals surface area contributed by atoms with E-state index < -0.39 is 11.8 Å². The second-order valence-electron chi connectivity index (χ2n) is 8.18. The summed E-state index contributed by atoms with van der Waals surface area (Å²) in [6, 6.07) is 28.8. The zero-order chi connectivity index (χ0) is 26.7. The Bertz CT molecular complexity index is 1370. The topological polar surface area (TPSA) is 82.7 Å². The fourth-order valence-corrected chi connectivity index (χ4v) is 3.96. The summed E-state index contributed by atoms with van der Waals surface area (Å²) >= 11 is 3.39. The summed E-state index contributed by atoms with van der Waals surface area (Å²) in [4.78, 5) is 26.9. The molecule has 0 aliphatic rings. The molecule has 0 radical (unpaired) electrons. The van der Waals surface area contributed by atoms with Crippen LogP contribution >= 0.6 is 15.9 Å². The van der Waals surface area contributed by atoms with E-state index in [2.05, 4.69) is 31.9 Å². The minimum Gasteiger partial charge on any atom is -0.457 e. The van der Waals surface area contributed by atoms with Gasteiger partial charge in [-0.2, -0.15) is 0 Å². The van der Waals surface area contributed by atoms with Crippen LogP contribution in [0.2, 0.25) is 0 Å². The monoisotopic (exact) mass is 576 g/mol. The molecule has 0 fully saturated rings. The van der Waals surface area contributed by atoms with Crippen molar-refractivity contribution in [2.24, 2.45) is 0 Å². The molecule has 9 heteroatoms. The Morgan fingerprint density at radius 2 is 1.39 bits per heavy atom. The van der Waals surface area contributed by atoms with Crippen molar-refractivity contribution in [2.75, 3.05) is 28.6 Å². The molecule has 4 rings (SSSR count). The van der Waals surface area contributed by atoms with E-state index in [-0.39, 0.29) is 18.3 Å². The maximum Gasteiger partial charge on any atom is 0.326 e. The lowest BCUT2D eigenvalue weighted by Crippen LogP contribution is -2.38. The van der Waals surface area contributed by atoms with Gasteiger partial charge in [0.15, 0.2) is 0 Å². The Hall–Kier alpha value is -4.37. The lowest BCUT2D eigenvalue weighted by molar-refractivity contribution is 0.252. The number of carbonyl (C=O) groups is 2. The molecule has 7 nitrogen and oxygen atoms in total. The van der Waals surface area contributed by atoms with E-state index in [1.165, 1.54) is 17.0 Å². The summed E-state index contributed by atoms with van der Waals surface area (Å²) < 4.78 is 20.8. The SMILES string of the molecule is O=C(NCCCN(C(=O)Nc1ccccc1F)c1ccc(Oc2ccccc2)cc1)Nc1ccccc1Br. The van der Waals surface area contributed by atoms with Gasteiger partial charge in [-0.15, -0.1) is 0 Å². The standard InChI is InChI=1S/C29H26BrFN4O3/c30-24-11-4-6-13-26(24)33-28(36)32-19-8-20-35(29(37)34-27-14-7-5-12-25(27)31)21-15-17-23(18-16-21)38-22-9-2-1-3-10-22/h1-7,9-18H,8,19-20H2,(H,34,37)(H2,32,33,36). The molecule has 4 aromatic rings. The third-order valence-electron chi connectivity index (χ3n) is 5.45. The minimum absolute atomic E-state index is 0.0810. The van der Waals surface area contributed by atoms with Crippen molar-refractivity contribution in [3.63, 3.8) is 0 Å². The lowest BCUT2D eigenvalue weighted by Gasteiger charge is -2.24. The van der Waals surface area contributed by atoms with Gasteiger partial charge >= 0.3 is 12.1 Å². The van der Waals surface area contributed by atoms with Crippen molar-refractivity contribution in [3.05, 3.63) is 113 Å². The predicted octanol–water partition coefficient (Wildman–Crippen LogP) is 7.63. The van der Waals surface area contributed by atoms with Gasteiger partial charge in [-0.1, -0.05) is 42.5 Å². The minimum atomic E-state index is -0.530. The summed E-state index contributed by atoms with van der Waals surface area (Å²) in [6.07, 6.45) is 0.455. The fraction of sp³-hybridized carbons (Fsp3) is 0.103. The van der Waals surface area contributed by atoms with E-state index in [1.54, 1.807) is 42.5 Å². The predicted molar refractivity (Wildman–Crippen MR) is 152 cm³/mol. The molecule has 3 N–H and O–H groups in total. The normalized spacial score (nSPS) is 10.4. The average molecular weight is 577 g/mol. The number of rotatable bonds is 9. The van der Waals surface area contributed by atoms with E-state index in [9.17, 15) is 14.0 Å². The molecule has 0 atom stereocenters. The number of nitrogens with one attached hydrogen (secondary N) is 3. The van der Waals surface area contributed by atoms with E-state index in [0.29, 0.717) is 35.8 Å². The first-order valence-electron chi connectivity index (χ1n) is 11.9. The van der Waals surface area contributed by atoms with Gasteiger partial charge in [0.25, 0.3) is 0 Å². The lowest BCUT2D eigenvalue weighted by atomic mass is 10.2. The van der Waals surface area contributed by atoms with Gasteiger partial charge in [-0.3, -0.25) is 4.90 Å². The number of amides is 4. The highest BCUT2D eigenvalue weighted by Gasteiger charge is 2.17. The molecule has 0 aliphatic heterocycles. The van der Waals surface area contributed by atoms with Crippen LogP contribution in [0.5, 0.6) is 11.5 Å². The van der Waals surface area contributed by atoms with Crippen molar-refractivity contribution < 1.29 is 18.7 Å². The Morgan fingerprint density at radius 3 is 2.11 bits per heavy atom. The molecule has 0 unspecified atom stereocenters. The molecule has 194 valence electrons. The molecule has 0 heterocycles. The number of benzene rings is 4. The molecular formula is C29H26BrFN4O3. The molecular weight excluding hydrogens is 551 g/mol. The Labute approximate surface area is 228 Å². The zero-order valence-electron chi connectivity index (χ0n) is 20.4. The quantitative estimate of drug-likeness (QED) is 0.179. The van der Waals surface area contributed by atoms with Gasteiger partial charge in [0.2, 0.25) is 0 Å². The number of halogens is 2. The van der Waals surface area contributed by atoms with E-state index >= 15 is 0 Å². The molecule has 4 aromatic carbocycles. The first-order valence-corrected chi connectivity index (χ1v) is 12.7. The van der Waals surface area contributed by atoms with Gasteiger partial charge in [-0.05, 0) is 83.0 Å². The maximum absolute atomic E-state index is 14.2. The molecule has 0 aliphatic carbocycles. The van der Waals surface area contributed by atoms with E-state index in [1.807, 2.05) is 48.5 Å². The van der Waals surface area contributed by atoms with Crippen LogP contribution in [0.25, 0.3) is 0 Å². The van der Waals surface area contributed by atoms with Gasteiger partial charge < -0.3 is 20.7 Å². The molecule has 38 heavy (non-hydrogen) atoms. The number of nitrogens with zero attached hydrogens (tertiary/aromatic N) is 1. The third-order valence-corrected chi connectivity index (χ3v) is 6.15. The van der Waals surface area contributed by atoms with Crippen LogP contribution in [0.1, 0.15) is 6.42 Å². The van der Waals surface area contributed by atoms with Crippen molar-refractivity contribution in [2.45, 2.75) is 6.42 Å². The highest BCUT2D eigenvalue weighted by molar-refractivity contribution is 9.10. The Morgan fingerprint density at radius 1 is 0.763 bits per heavy atom. The molecule has 0 saturated carbocycles. The highest BCUT2D eigenvalue weighted by Crippen LogP contribution is 2.25. The van der Waals surface area contributed by atoms with Crippen LogP contribution in [0.3, 0.4) is 0 Å². The van der Waals surface area contributed by atoms with Gasteiger partial charge in [-0.25, -0.2) is 14.0 Å². The maximum atomic E-state index is 14.2. The molecule has 0 spiro atoms. The van der Waals surface area contributed by atoms with Gasteiger partial charge in [0.1, 0.15) is 17.3 Å². The second-order valence-corrected chi connectivity index (χ2v) is 9.04. The number of carbonyl (C=O) groups excluding carboxylic acids is 2. The number of anilines is 3. The smallest absolute Gasteiger partial charge is 0.326 e. The number of hydrogen-bond donors (Lipinski definition) is 3. The average Bonchev–Trinajstić information content (AvgIpc) is 2.92. The second kappa shape index (κ2) is 13.3. The first kappa shape index (κ1) is 26.7. The van der Waals surface area contributed by atoms with E-state index in [4.69, 9.17) is 4.74 Å². The summed E-state index contributed by atoms with van der Waals surface area (Å²) in [5.74, 6) is 0.777. The van der Waals surface area contributed by atoms with Crippen molar-refractivity contribution in [3.8, 4) is 11.5 Å². The van der Waals surface area contributed by atoms with Gasteiger partial charge in [0, 0.05) is 23.2 Å². The highest BCUT2D eigenvalue weighted by atomic mass is 79.9. The van der Waals surface area contributed by atoms with Crippen LogP contribution in [0.15, 0.2) is 108 Å². The summed E-state index contributed by atoms with van der Waals surface area (Å²) in [7, 11) is 0. The summed E-state index contributed by atoms with van der Waals surface area (Å²) in [5.41, 5.74) is 1.32. The van der Waals surface area contributed by atoms with Crippen LogP contribution in [0, 0.1) is 5.82 Å². The summed E-state index contributed by atoms with van der Waals surface area (Å²) in [5, 5.41) is 8.19. The van der Waals surface area contributed by atoms with E-state index in [0.717, 1.165) is 4.47 Å². The van der Waals surface area contributed by atoms with Crippen LogP contribution in [0.4, 0.5) is 31.0 Å². The zero-order valence-corrected chi connectivity index (χ0v) is 22.0. The number of para-hydroxylation sites is 3. The van der Waals surface area contributed by atoms with Gasteiger partial charge in [0.05, 0.1) is 11.4 Å². The van der Waals surface area contributed by atoms with Crippen LogP contribution in [-0.2, 0) is 0 Å². The van der Waals surface area contributed by atoms with Crippen molar-refractivity contribution in [1.82, 2.24) is 5.32 Å². The number of ether oxygens (including phenoxy) is 1. The summed E-state index contributed by atoms with van der Waals surface area (Å²) in [6.45, 7) is 0.587. The Balaban J connectivity index is 1.40. The van der Waals surface area contributed by atoms with Crippen molar-refractivity contribution >= 4 is 45.1 Å². The Kier molecular flexibility index (Phi) is 9.31. The van der Waals surface area contributed by atoms with Crippen LogP contribution in [-0.4, -0.2) is 25.2 Å². The van der Waals surface area contributed by atoms with Crippen LogP contribution < -0.4 is 25.6 Å². The molecule has 4 amide bonds. The molecule has 0 saturated heterocycles.